The normalized spacial score (nSPS) is 24.5. The van der Waals surface area contributed by atoms with Crippen molar-refractivity contribution in [2.24, 2.45) is 0 Å². The third-order valence-electron chi connectivity index (χ3n) is 2.95. The van der Waals surface area contributed by atoms with Crippen LogP contribution in [0, 0.1) is 0 Å². The van der Waals surface area contributed by atoms with Crippen LogP contribution in [0.5, 0.6) is 0 Å². The smallest absolute Gasteiger partial charge is 0.137 e. The van der Waals surface area contributed by atoms with Gasteiger partial charge < -0.3 is 10.1 Å². The van der Waals surface area contributed by atoms with Crippen LogP contribution in [0.25, 0.3) is 0 Å². The van der Waals surface area contributed by atoms with E-state index in [1.165, 1.54) is 0 Å². The Kier molecular flexibility index (Phi) is 2.35. The van der Waals surface area contributed by atoms with Crippen molar-refractivity contribution in [1.82, 2.24) is 15.3 Å². The molecule has 0 aliphatic carbocycles. The number of nitrogens with one attached hydrogen (secondary N) is 1. The Hall–Kier alpha value is -0.710. The molecular formula is C10H12ClN3O. The molecule has 4 nitrogen and oxygen atoms in total. The van der Waals surface area contributed by atoms with E-state index >= 15 is 0 Å². The van der Waals surface area contributed by atoms with Crippen molar-refractivity contribution in [2.75, 3.05) is 13.2 Å². The van der Waals surface area contributed by atoms with E-state index in [-0.39, 0.29) is 0 Å². The number of aromatic nitrogens is 2. The molecule has 1 N–H and O–H groups in total. The highest BCUT2D eigenvalue weighted by Gasteiger charge is 2.24. The average Bonchev–Trinajstić information content (AvgIpc) is 2.88. The first-order valence-corrected chi connectivity index (χ1v) is 5.56. The molecule has 3 heterocycles. The summed E-state index contributed by atoms with van der Waals surface area (Å²) in [7, 11) is 0. The van der Waals surface area contributed by atoms with Gasteiger partial charge in [0.25, 0.3) is 0 Å². The minimum absolute atomic E-state index is 0.327. The number of hydrogen-bond acceptors (Lipinski definition) is 4. The van der Waals surface area contributed by atoms with E-state index < -0.39 is 0 Å². The van der Waals surface area contributed by atoms with Gasteiger partial charge in [0.15, 0.2) is 0 Å². The van der Waals surface area contributed by atoms with Gasteiger partial charge in [0.1, 0.15) is 11.0 Å². The van der Waals surface area contributed by atoms with Gasteiger partial charge in [0, 0.05) is 31.2 Å². The van der Waals surface area contributed by atoms with Gasteiger partial charge in [-0.1, -0.05) is 11.6 Å². The second-order valence-electron chi connectivity index (χ2n) is 3.96. The third kappa shape index (κ3) is 1.62. The highest BCUT2D eigenvalue weighted by atomic mass is 35.5. The molecule has 1 fully saturated rings. The van der Waals surface area contributed by atoms with Crippen molar-refractivity contribution in [2.45, 2.75) is 25.4 Å². The molecule has 1 atom stereocenters. The summed E-state index contributed by atoms with van der Waals surface area (Å²) in [4.78, 5) is 8.92. The van der Waals surface area contributed by atoms with E-state index in [9.17, 15) is 0 Å². The monoisotopic (exact) mass is 225 g/mol. The number of ether oxygens (including phenoxy) is 1. The van der Waals surface area contributed by atoms with Crippen LogP contribution in [-0.4, -0.2) is 23.2 Å². The first-order chi connectivity index (χ1) is 7.34. The molecule has 1 unspecified atom stereocenters. The molecule has 0 radical (unpaired) electrons. The summed E-state index contributed by atoms with van der Waals surface area (Å²) in [6.07, 6.45) is 1.00. The highest BCUT2D eigenvalue weighted by Crippen LogP contribution is 2.27. The molecule has 2 aliphatic rings. The molecule has 0 saturated carbocycles. The number of rotatable bonds is 1. The van der Waals surface area contributed by atoms with E-state index in [4.69, 9.17) is 16.3 Å². The maximum absolute atomic E-state index is 6.12. The van der Waals surface area contributed by atoms with Crippen LogP contribution < -0.4 is 5.32 Å². The first kappa shape index (κ1) is 9.51. The lowest BCUT2D eigenvalue weighted by Gasteiger charge is -2.08. The van der Waals surface area contributed by atoms with Gasteiger partial charge in [0.05, 0.1) is 12.3 Å². The fraction of sp³-hybridized carbons (Fsp3) is 0.600. The molecule has 1 saturated heterocycles. The third-order valence-corrected chi connectivity index (χ3v) is 3.26. The predicted molar refractivity (Wildman–Crippen MR) is 55.8 cm³/mol. The van der Waals surface area contributed by atoms with Crippen molar-refractivity contribution < 1.29 is 4.74 Å². The minimum atomic E-state index is 0.327. The van der Waals surface area contributed by atoms with Gasteiger partial charge in [0.2, 0.25) is 0 Å². The van der Waals surface area contributed by atoms with Gasteiger partial charge in [-0.15, -0.1) is 0 Å². The quantitative estimate of drug-likeness (QED) is 0.731. The molecule has 1 aromatic rings. The summed E-state index contributed by atoms with van der Waals surface area (Å²) < 4.78 is 5.33. The first-order valence-electron chi connectivity index (χ1n) is 5.18. The zero-order valence-electron chi connectivity index (χ0n) is 8.29. The van der Waals surface area contributed by atoms with Gasteiger partial charge in [-0.3, -0.25) is 0 Å². The van der Waals surface area contributed by atoms with Crippen molar-refractivity contribution in [3.63, 3.8) is 0 Å². The molecule has 2 aliphatic heterocycles. The fourth-order valence-electron chi connectivity index (χ4n) is 2.07. The highest BCUT2D eigenvalue weighted by molar-refractivity contribution is 6.30. The van der Waals surface area contributed by atoms with E-state index in [0.29, 0.717) is 11.1 Å². The lowest BCUT2D eigenvalue weighted by Crippen LogP contribution is -2.07. The lowest BCUT2D eigenvalue weighted by molar-refractivity contribution is 0.193. The Labute approximate surface area is 93.0 Å². The van der Waals surface area contributed by atoms with Crippen LogP contribution in [0.4, 0.5) is 0 Å². The van der Waals surface area contributed by atoms with Gasteiger partial charge in [-0.25, -0.2) is 9.97 Å². The van der Waals surface area contributed by atoms with Crippen molar-refractivity contribution in [3.05, 3.63) is 22.2 Å². The largest absolute Gasteiger partial charge is 0.381 e. The maximum Gasteiger partial charge on any atom is 0.137 e. The standard InChI is InChI=1S/C10H12ClN3O/c11-9-7-3-12-4-8(7)13-10(14-9)6-1-2-15-5-6/h6,12H,1-5H2. The zero-order valence-corrected chi connectivity index (χ0v) is 9.05. The van der Waals surface area contributed by atoms with Gasteiger partial charge in [-0.05, 0) is 6.42 Å². The van der Waals surface area contributed by atoms with Crippen LogP contribution in [0.1, 0.15) is 29.4 Å². The minimum Gasteiger partial charge on any atom is -0.381 e. The van der Waals surface area contributed by atoms with Crippen molar-refractivity contribution in [3.8, 4) is 0 Å². The van der Waals surface area contributed by atoms with Crippen LogP contribution in [0.2, 0.25) is 5.15 Å². The molecule has 1 aromatic heterocycles. The number of fused-ring (bicyclic) bond motifs is 1. The summed E-state index contributed by atoms with van der Waals surface area (Å²) in [5, 5.41) is 3.83. The Balaban J connectivity index is 1.99. The summed E-state index contributed by atoms with van der Waals surface area (Å²) in [6.45, 7) is 3.12. The zero-order chi connectivity index (χ0) is 10.3. The summed E-state index contributed by atoms with van der Waals surface area (Å²) in [5.41, 5.74) is 2.11. The van der Waals surface area contributed by atoms with Crippen LogP contribution >= 0.6 is 11.6 Å². The van der Waals surface area contributed by atoms with E-state index in [2.05, 4.69) is 15.3 Å². The van der Waals surface area contributed by atoms with Crippen LogP contribution in [0.3, 0.4) is 0 Å². The van der Waals surface area contributed by atoms with Crippen molar-refractivity contribution in [1.29, 1.82) is 0 Å². The van der Waals surface area contributed by atoms with E-state index in [0.717, 1.165) is 49.8 Å². The number of nitrogens with zero attached hydrogens (tertiary/aromatic N) is 2. The molecule has 0 amide bonds. The molecule has 5 heteroatoms. The second kappa shape index (κ2) is 3.70. The lowest BCUT2D eigenvalue weighted by atomic mass is 10.1. The fourth-order valence-corrected chi connectivity index (χ4v) is 2.33. The number of halogens is 1. The summed E-state index contributed by atoms with van der Waals surface area (Å²) in [5.74, 6) is 1.17. The average molecular weight is 226 g/mol. The van der Waals surface area contributed by atoms with Gasteiger partial charge in [-0.2, -0.15) is 0 Å². The second-order valence-corrected chi connectivity index (χ2v) is 4.32. The molecule has 15 heavy (non-hydrogen) atoms. The predicted octanol–water partition coefficient (Wildman–Crippen LogP) is 1.24. The van der Waals surface area contributed by atoms with Crippen LogP contribution in [-0.2, 0) is 17.8 Å². The summed E-state index contributed by atoms with van der Waals surface area (Å²) in [6, 6.07) is 0. The Bertz CT molecular complexity index is 390. The van der Waals surface area contributed by atoms with Gasteiger partial charge >= 0.3 is 0 Å². The molecule has 0 aromatic carbocycles. The summed E-state index contributed by atoms with van der Waals surface area (Å²) >= 11 is 6.12. The Morgan fingerprint density at radius 2 is 2.27 bits per heavy atom. The van der Waals surface area contributed by atoms with Crippen LogP contribution in [0.15, 0.2) is 0 Å². The number of hydrogen-bond donors (Lipinski definition) is 1. The topological polar surface area (TPSA) is 47.0 Å². The van der Waals surface area contributed by atoms with E-state index in [1.807, 2.05) is 0 Å². The SMILES string of the molecule is Clc1nc(C2CCOC2)nc2c1CNC2. The molecule has 0 spiro atoms. The maximum atomic E-state index is 6.12. The Morgan fingerprint density at radius 1 is 1.33 bits per heavy atom. The molecule has 0 bridgehead atoms. The Morgan fingerprint density at radius 3 is 3.07 bits per heavy atom. The molecule has 80 valence electrons. The van der Waals surface area contributed by atoms with E-state index in [1.54, 1.807) is 0 Å². The molecule has 3 rings (SSSR count). The van der Waals surface area contributed by atoms with Crippen molar-refractivity contribution >= 4 is 11.6 Å². The molecular weight excluding hydrogens is 214 g/mol.